The number of nitrogens with zero attached hydrogens (tertiary/aromatic N) is 1. The molecule has 0 unspecified atom stereocenters. The number of carbonyl (C=O) groups excluding carboxylic acids is 5. The highest BCUT2D eigenvalue weighted by atomic mass is 32.1. The Morgan fingerprint density at radius 3 is 2.26 bits per heavy atom. The number of imide groups is 1. The molecule has 2 aromatic rings. The summed E-state index contributed by atoms with van der Waals surface area (Å²) in [5, 5.41) is 4.59. The van der Waals surface area contributed by atoms with Crippen molar-refractivity contribution in [1.82, 2.24) is 4.90 Å². The maximum Gasteiger partial charge on any atom is 0.341 e. The van der Waals surface area contributed by atoms with Gasteiger partial charge in [-0.1, -0.05) is 25.0 Å². The number of hydrogen-bond acceptors (Lipinski definition) is 9. The number of benzene rings is 1. The molecule has 3 atom stereocenters. The first-order valence-electron chi connectivity index (χ1n) is 12.5. The van der Waals surface area contributed by atoms with Crippen molar-refractivity contribution in [2.75, 3.05) is 25.6 Å². The molecule has 1 aromatic carbocycles. The molecule has 0 bridgehead atoms. The Morgan fingerprint density at radius 2 is 1.68 bits per heavy atom. The second kappa shape index (κ2) is 11.8. The van der Waals surface area contributed by atoms with Crippen LogP contribution in [0.5, 0.6) is 5.75 Å². The maximum atomic E-state index is 12.8. The number of methoxy groups -OCH3 is 1. The quantitative estimate of drug-likeness (QED) is 0.376. The van der Waals surface area contributed by atoms with Gasteiger partial charge in [-0.25, -0.2) is 9.59 Å². The minimum absolute atomic E-state index is 0.148. The van der Waals surface area contributed by atoms with Crippen molar-refractivity contribution < 1.29 is 38.2 Å². The lowest BCUT2D eigenvalue weighted by molar-refractivity contribution is -0.159. The molecule has 2 aliphatic rings. The largest absolute Gasteiger partial charge is 0.497 e. The van der Waals surface area contributed by atoms with Gasteiger partial charge in [0.2, 0.25) is 11.8 Å². The van der Waals surface area contributed by atoms with Gasteiger partial charge in [0.25, 0.3) is 5.91 Å². The van der Waals surface area contributed by atoms with Gasteiger partial charge < -0.3 is 19.5 Å². The fourth-order valence-corrected chi connectivity index (χ4v) is 5.91. The fourth-order valence-electron chi connectivity index (χ4n) is 4.93. The number of hydrogen-bond donors (Lipinski definition) is 1. The molecule has 2 heterocycles. The second-order valence-corrected chi connectivity index (χ2v) is 10.1. The first-order chi connectivity index (χ1) is 18.3. The van der Waals surface area contributed by atoms with Gasteiger partial charge in [-0.3, -0.25) is 19.3 Å². The number of amides is 3. The van der Waals surface area contributed by atoms with Crippen molar-refractivity contribution >= 4 is 46.0 Å². The van der Waals surface area contributed by atoms with Crippen molar-refractivity contribution in [3.05, 3.63) is 35.2 Å². The molecule has 11 heteroatoms. The van der Waals surface area contributed by atoms with E-state index in [0.717, 1.165) is 34.6 Å². The predicted molar refractivity (Wildman–Crippen MR) is 139 cm³/mol. The van der Waals surface area contributed by atoms with Gasteiger partial charge >= 0.3 is 11.9 Å². The van der Waals surface area contributed by atoms with Gasteiger partial charge in [-0.05, 0) is 44.4 Å². The summed E-state index contributed by atoms with van der Waals surface area (Å²) in [5.41, 5.74) is 1.49. The minimum atomic E-state index is -1.13. The van der Waals surface area contributed by atoms with Crippen molar-refractivity contribution in [2.45, 2.75) is 45.6 Å². The van der Waals surface area contributed by atoms with E-state index in [-0.39, 0.29) is 40.8 Å². The van der Waals surface area contributed by atoms with Crippen LogP contribution >= 0.6 is 11.3 Å². The summed E-state index contributed by atoms with van der Waals surface area (Å²) < 4.78 is 15.5. The summed E-state index contributed by atoms with van der Waals surface area (Å²) >= 11 is 1.13. The molecule has 1 saturated heterocycles. The number of anilines is 1. The van der Waals surface area contributed by atoms with Crippen LogP contribution in [0, 0.1) is 11.8 Å². The van der Waals surface area contributed by atoms with Crippen molar-refractivity contribution in [3.8, 4) is 16.9 Å². The van der Waals surface area contributed by atoms with Crippen LogP contribution in [-0.2, 0) is 28.7 Å². The monoisotopic (exact) mass is 542 g/mol. The van der Waals surface area contributed by atoms with Crippen molar-refractivity contribution in [1.29, 1.82) is 0 Å². The van der Waals surface area contributed by atoms with Crippen LogP contribution in [0.3, 0.4) is 0 Å². The van der Waals surface area contributed by atoms with Gasteiger partial charge in [-0.2, -0.15) is 0 Å². The van der Waals surface area contributed by atoms with Crippen molar-refractivity contribution in [2.24, 2.45) is 11.8 Å². The Morgan fingerprint density at radius 1 is 1.05 bits per heavy atom. The molecular weight excluding hydrogens is 512 g/mol. The fraction of sp³-hybridized carbons (Fsp3) is 0.444. The number of nitrogens with one attached hydrogen (secondary N) is 1. The molecule has 1 saturated carbocycles. The number of thiophene rings is 1. The standard InChI is InChI=1S/C27H30N2O8S/c1-4-36-27(34)22-20(16-9-11-17(35-3)12-10-16)14-38-23(22)28-21(30)13-37-26(33)15(2)29-24(31)18-7-5-6-8-19(18)25(29)32/h9-12,14-15,18-19H,4-8,13H2,1-3H3,(H,28,30)/t15-,18+,19+/m0/s1. The van der Waals surface area contributed by atoms with E-state index in [1.807, 2.05) is 0 Å². The zero-order chi connectivity index (χ0) is 27.4. The van der Waals surface area contributed by atoms with Crippen LogP contribution in [0.4, 0.5) is 5.00 Å². The summed E-state index contributed by atoms with van der Waals surface area (Å²) in [6.45, 7) is 2.60. The molecule has 1 aromatic heterocycles. The van der Waals surface area contributed by atoms with Crippen LogP contribution in [0.1, 0.15) is 49.9 Å². The van der Waals surface area contributed by atoms with E-state index in [4.69, 9.17) is 14.2 Å². The highest BCUT2D eigenvalue weighted by molar-refractivity contribution is 7.15. The number of esters is 2. The predicted octanol–water partition coefficient (Wildman–Crippen LogP) is 3.65. The average Bonchev–Trinajstić information content (AvgIpc) is 3.45. The lowest BCUT2D eigenvalue weighted by Gasteiger charge is -2.21. The van der Waals surface area contributed by atoms with E-state index >= 15 is 0 Å². The summed E-state index contributed by atoms with van der Waals surface area (Å²) in [6, 6.07) is 5.95. The number of fused-ring (bicyclic) bond motifs is 1. The van der Waals surface area contributed by atoms with Gasteiger partial charge in [-0.15, -0.1) is 11.3 Å². The lowest BCUT2D eigenvalue weighted by atomic mass is 9.81. The molecule has 0 spiro atoms. The topological polar surface area (TPSA) is 128 Å². The maximum absolute atomic E-state index is 12.8. The highest BCUT2D eigenvalue weighted by Crippen LogP contribution is 2.39. The number of ether oxygens (including phenoxy) is 3. The zero-order valence-corrected chi connectivity index (χ0v) is 22.3. The molecule has 1 N–H and O–H groups in total. The van der Waals surface area contributed by atoms with Crippen molar-refractivity contribution in [3.63, 3.8) is 0 Å². The third-order valence-electron chi connectivity index (χ3n) is 6.87. The molecule has 4 rings (SSSR count). The molecule has 2 fully saturated rings. The first kappa shape index (κ1) is 27.3. The van der Waals surface area contributed by atoms with Crippen LogP contribution in [-0.4, -0.2) is 60.9 Å². The first-order valence-corrected chi connectivity index (χ1v) is 13.4. The molecule has 202 valence electrons. The number of likely N-dealkylation sites (tertiary alicyclic amines) is 1. The van der Waals surface area contributed by atoms with E-state index < -0.39 is 30.5 Å². The molecule has 3 amide bonds. The third kappa shape index (κ3) is 5.42. The number of rotatable bonds is 9. The van der Waals surface area contributed by atoms with Gasteiger partial charge in [0.05, 0.1) is 25.6 Å². The molecule has 1 aliphatic carbocycles. The molecule has 10 nitrogen and oxygen atoms in total. The van der Waals surface area contributed by atoms with Gasteiger partial charge in [0.15, 0.2) is 6.61 Å². The van der Waals surface area contributed by atoms with Crippen LogP contribution in [0.15, 0.2) is 29.6 Å². The van der Waals surface area contributed by atoms with Crippen LogP contribution < -0.4 is 10.1 Å². The molecule has 38 heavy (non-hydrogen) atoms. The average molecular weight is 543 g/mol. The Balaban J connectivity index is 1.42. The van der Waals surface area contributed by atoms with Crippen LogP contribution in [0.25, 0.3) is 11.1 Å². The van der Waals surface area contributed by atoms with E-state index in [1.165, 1.54) is 6.92 Å². The lowest BCUT2D eigenvalue weighted by Crippen LogP contribution is -2.45. The van der Waals surface area contributed by atoms with E-state index in [2.05, 4.69) is 5.32 Å². The molecular formula is C27H30N2O8S. The highest BCUT2D eigenvalue weighted by Gasteiger charge is 2.51. The minimum Gasteiger partial charge on any atom is -0.497 e. The second-order valence-electron chi connectivity index (χ2n) is 9.18. The van der Waals surface area contributed by atoms with E-state index in [9.17, 15) is 24.0 Å². The van der Waals surface area contributed by atoms with E-state index in [1.54, 1.807) is 43.7 Å². The summed E-state index contributed by atoms with van der Waals surface area (Å²) in [5.74, 6) is -2.93. The Hall–Kier alpha value is -3.73. The Kier molecular flexibility index (Phi) is 8.45. The SMILES string of the molecule is CCOC(=O)c1c(-c2ccc(OC)cc2)csc1NC(=O)COC(=O)[C@H](C)N1C(=O)[C@@H]2CCCC[C@H]2C1=O. The summed E-state index contributed by atoms with van der Waals surface area (Å²) in [4.78, 5) is 64.6. The molecule has 0 radical (unpaired) electrons. The summed E-state index contributed by atoms with van der Waals surface area (Å²) in [7, 11) is 1.55. The van der Waals surface area contributed by atoms with Gasteiger partial charge in [0, 0.05) is 10.9 Å². The van der Waals surface area contributed by atoms with E-state index in [0.29, 0.717) is 24.2 Å². The number of carbonyl (C=O) groups is 5. The Bertz CT molecular complexity index is 1210. The smallest absolute Gasteiger partial charge is 0.341 e. The van der Waals surface area contributed by atoms with Crippen LogP contribution in [0.2, 0.25) is 0 Å². The zero-order valence-electron chi connectivity index (χ0n) is 21.5. The molecule has 1 aliphatic heterocycles. The normalized spacial score (nSPS) is 19.5. The summed E-state index contributed by atoms with van der Waals surface area (Å²) in [6.07, 6.45) is 3.03. The Labute approximate surface area is 224 Å². The van der Waals surface area contributed by atoms with Gasteiger partial charge in [0.1, 0.15) is 22.4 Å². The third-order valence-corrected chi connectivity index (χ3v) is 7.77.